The fourth-order valence-electron chi connectivity index (χ4n) is 1.68. The summed E-state index contributed by atoms with van der Waals surface area (Å²) in [6.45, 7) is 3.17. The number of rotatable bonds is 6. The average molecular weight is 270 g/mol. The van der Waals surface area contributed by atoms with Gasteiger partial charge in [0.15, 0.2) is 0 Å². The van der Waals surface area contributed by atoms with Crippen LogP contribution in [0, 0.1) is 0 Å². The first-order valence-corrected chi connectivity index (χ1v) is 7.52. The van der Waals surface area contributed by atoms with Crippen LogP contribution in [-0.2, 0) is 16.4 Å². The van der Waals surface area contributed by atoms with Crippen molar-refractivity contribution in [3.63, 3.8) is 0 Å². The van der Waals surface area contributed by atoms with Gasteiger partial charge in [-0.15, -0.1) is 0 Å². The van der Waals surface area contributed by atoms with Gasteiger partial charge in [0.25, 0.3) is 0 Å². The fourth-order valence-corrected chi connectivity index (χ4v) is 3.13. The van der Waals surface area contributed by atoms with Gasteiger partial charge in [0.1, 0.15) is 0 Å². The predicted molar refractivity (Wildman–Crippen MR) is 74.2 cm³/mol. The van der Waals surface area contributed by atoms with E-state index < -0.39 is 10.0 Å². The minimum absolute atomic E-state index is 0.425. The Morgan fingerprint density at radius 2 is 1.67 bits per heavy atom. The zero-order valence-corrected chi connectivity index (χ0v) is 12.4. The highest BCUT2D eigenvalue weighted by Crippen LogP contribution is 2.19. The van der Waals surface area contributed by atoms with Crippen molar-refractivity contribution < 1.29 is 8.42 Å². The van der Waals surface area contributed by atoms with Gasteiger partial charge in [-0.05, 0) is 32.1 Å². The molecule has 0 aliphatic rings. The molecule has 4 nitrogen and oxygen atoms in total. The van der Waals surface area contributed by atoms with Gasteiger partial charge in [-0.3, -0.25) is 0 Å². The quantitative estimate of drug-likeness (QED) is 0.785. The topological polar surface area (TPSA) is 40.6 Å². The van der Waals surface area contributed by atoms with Crippen LogP contribution >= 0.6 is 0 Å². The van der Waals surface area contributed by atoms with E-state index in [1.54, 1.807) is 19.2 Å². The Morgan fingerprint density at radius 1 is 1.06 bits per heavy atom. The normalized spacial score (nSPS) is 12.3. The molecule has 0 amide bonds. The zero-order valence-electron chi connectivity index (χ0n) is 11.5. The molecule has 0 aliphatic heterocycles. The summed E-state index contributed by atoms with van der Waals surface area (Å²) in [5, 5.41) is 0. The summed E-state index contributed by atoms with van der Waals surface area (Å²) in [4.78, 5) is 2.39. The van der Waals surface area contributed by atoms with E-state index in [9.17, 15) is 8.42 Å². The summed E-state index contributed by atoms with van der Waals surface area (Å²) in [7, 11) is 2.12. The molecule has 102 valence electrons. The Balaban J connectivity index is 2.98. The van der Waals surface area contributed by atoms with Crippen molar-refractivity contribution in [3.05, 3.63) is 29.8 Å². The molecule has 0 spiro atoms. The zero-order chi connectivity index (χ0) is 13.8. The van der Waals surface area contributed by atoms with Crippen LogP contribution < -0.4 is 0 Å². The van der Waals surface area contributed by atoms with E-state index in [0.717, 1.165) is 12.0 Å². The minimum Gasteiger partial charge on any atom is -0.308 e. The van der Waals surface area contributed by atoms with Crippen LogP contribution in [0.15, 0.2) is 29.2 Å². The molecule has 0 bridgehead atoms. The lowest BCUT2D eigenvalue weighted by Gasteiger charge is -2.20. The van der Waals surface area contributed by atoms with Crippen molar-refractivity contribution in [1.29, 1.82) is 0 Å². The van der Waals surface area contributed by atoms with Crippen molar-refractivity contribution in [2.45, 2.75) is 18.2 Å². The van der Waals surface area contributed by atoms with Crippen LogP contribution in [0.25, 0.3) is 0 Å². The molecule has 0 fully saturated rings. The molecule has 0 heterocycles. The summed E-state index contributed by atoms with van der Waals surface area (Å²) in [6, 6.07) is 7.19. The molecule has 1 aromatic rings. The maximum atomic E-state index is 12.4. The van der Waals surface area contributed by atoms with Gasteiger partial charge in [-0.1, -0.05) is 25.1 Å². The van der Waals surface area contributed by atoms with E-state index in [2.05, 4.69) is 0 Å². The van der Waals surface area contributed by atoms with Crippen LogP contribution in [0.4, 0.5) is 0 Å². The number of sulfonamides is 1. The van der Waals surface area contributed by atoms with Gasteiger partial charge in [0, 0.05) is 20.1 Å². The van der Waals surface area contributed by atoms with Crippen molar-refractivity contribution >= 4 is 10.0 Å². The van der Waals surface area contributed by atoms with E-state index in [1.807, 2.05) is 38.1 Å². The lowest BCUT2D eigenvalue weighted by atomic mass is 10.2. The Bertz CT molecular complexity index is 484. The lowest BCUT2D eigenvalue weighted by molar-refractivity contribution is 0.358. The van der Waals surface area contributed by atoms with Gasteiger partial charge in [-0.25, -0.2) is 8.42 Å². The lowest BCUT2D eigenvalue weighted by Crippen LogP contribution is -2.34. The molecule has 18 heavy (non-hydrogen) atoms. The van der Waals surface area contributed by atoms with Gasteiger partial charge in [-0.2, -0.15) is 4.31 Å². The molecule has 0 radical (unpaired) electrons. The average Bonchev–Trinajstić information content (AvgIpc) is 2.35. The van der Waals surface area contributed by atoms with Crippen molar-refractivity contribution in [2.75, 3.05) is 34.2 Å². The Kier molecular flexibility index (Phi) is 5.31. The molecule has 0 aliphatic carbocycles. The number of aryl methyl sites for hydroxylation is 1. The Morgan fingerprint density at radius 3 is 2.22 bits per heavy atom. The van der Waals surface area contributed by atoms with Crippen LogP contribution in [-0.4, -0.2) is 51.9 Å². The summed E-state index contributed by atoms with van der Waals surface area (Å²) in [5.74, 6) is 0. The summed E-state index contributed by atoms with van der Waals surface area (Å²) in [6.07, 6.45) is 0.719. The monoisotopic (exact) mass is 270 g/mol. The molecule has 0 N–H and O–H groups in total. The van der Waals surface area contributed by atoms with Crippen LogP contribution in [0.1, 0.15) is 12.5 Å². The van der Waals surface area contributed by atoms with Crippen LogP contribution in [0.2, 0.25) is 0 Å². The smallest absolute Gasteiger partial charge is 0.243 e. The Hall–Kier alpha value is -0.910. The number of likely N-dealkylation sites (N-methyl/N-ethyl adjacent to an activating group) is 2. The second-order valence-corrected chi connectivity index (χ2v) is 6.60. The molecule has 0 saturated carbocycles. The van der Waals surface area contributed by atoms with Crippen molar-refractivity contribution in [1.82, 2.24) is 9.21 Å². The maximum Gasteiger partial charge on any atom is 0.243 e. The summed E-state index contributed by atoms with van der Waals surface area (Å²) >= 11 is 0. The first kappa shape index (κ1) is 15.1. The second kappa shape index (κ2) is 6.31. The highest BCUT2D eigenvalue weighted by molar-refractivity contribution is 7.89. The third kappa shape index (κ3) is 3.54. The molecule has 1 rings (SSSR count). The molecule has 0 aromatic heterocycles. The van der Waals surface area contributed by atoms with Crippen LogP contribution in [0.5, 0.6) is 0 Å². The van der Waals surface area contributed by atoms with E-state index in [4.69, 9.17) is 0 Å². The van der Waals surface area contributed by atoms with E-state index in [0.29, 0.717) is 18.0 Å². The third-order valence-electron chi connectivity index (χ3n) is 2.90. The molecule has 0 atom stereocenters. The highest BCUT2D eigenvalue weighted by atomic mass is 32.2. The number of benzene rings is 1. The minimum atomic E-state index is -3.37. The van der Waals surface area contributed by atoms with Gasteiger partial charge < -0.3 is 4.90 Å². The maximum absolute atomic E-state index is 12.4. The van der Waals surface area contributed by atoms with E-state index >= 15 is 0 Å². The SMILES string of the molecule is CCc1ccccc1S(=O)(=O)N(C)CCN(C)C. The highest BCUT2D eigenvalue weighted by Gasteiger charge is 2.22. The predicted octanol–water partition coefficient (Wildman–Crippen LogP) is 1.43. The standard InChI is InChI=1S/C13H22N2O2S/c1-5-12-8-6-7-9-13(12)18(16,17)15(4)11-10-14(2)3/h6-9H,5,10-11H2,1-4H3. The largest absolute Gasteiger partial charge is 0.308 e. The molecule has 5 heteroatoms. The number of hydrogen-bond acceptors (Lipinski definition) is 3. The third-order valence-corrected chi connectivity index (χ3v) is 4.86. The summed E-state index contributed by atoms with van der Waals surface area (Å²) < 4.78 is 26.3. The van der Waals surface area contributed by atoms with Crippen molar-refractivity contribution in [3.8, 4) is 0 Å². The second-order valence-electron chi connectivity index (χ2n) is 4.59. The van der Waals surface area contributed by atoms with E-state index in [-0.39, 0.29) is 0 Å². The van der Waals surface area contributed by atoms with Crippen molar-refractivity contribution in [2.24, 2.45) is 0 Å². The van der Waals surface area contributed by atoms with Gasteiger partial charge in [0.05, 0.1) is 4.90 Å². The first-order chi connectivity index (χ1) is 8.39. The van der Waals surface area contributed by atoms with Gasteiger partial charge >= 0.3 is 0 Å². The number of nitrogens with zero attached hydrogens (tertiary/aromatic N) is 2. The first-order valence-electron chi connectivity index (χ1n) is 6.08. The molecule has 0 unspecified atom stereocenters. The van der Waals surface area contributed by atoms with Gasteiger partial charge in [0.2, 0.25) is 10.0 Å². The van der Waals surface area contributed by atoms with Crippen LogP contribution in [0.3, 0.4) is 0 Å². The summed E-state index contributed by atoms with van der Waals surface area (Å²) in [5.41, 5.74) is 0.870. The Labute approximate surface area is 110 Å². The molecule has 1 aromatic carbocycles. The molecular formula is C13H22N2O2S. The molecule has 0 saturated heterocycles. The molecular weight excluding hydrogens is 248 g/mol. The fraction of sp³-hybridized carbons (Fsp3) is 0.538. The number of hydrogen-bond donors (Lipinski definition) is 0. The van der Waals surface area contributed by atoms with E-state index in [1.165, 1.54) is 4.31 Å².